The number of amides is 3. The number of carbonyl (C=O) groups is 5. The Morgan fingerprint density at radius 1 is 0.806 bits per heavy atom. The highest BCUT2D eigenvalue weighted by Gasteiger charge is 2.32. The number of hydrogen-bond donors (Lipinski definition) is 7. The molecule has 0 saturated carbocycles. The summed E-state index contributed by atoms with van der Waals surface area (Å²) in [6, 6.07) is 1.08. The lowest BCUT2D eigenvalue weighted by Gasteiger charge is -2.27. The third kappa shape index (κ3) is 9.90. The van der Waals surface area contributed by atoms with E-state index in [0.29, 0.717) is 5.56 Å². The second-order valence-corrected chi connectivity index (χ2v) is 9.26. The Kier molecular flexibility index (Phi) is 11.8. The van der Waals surface area contributed by atoms with Crippen molar-refractivity contribution < 1.29 is 39.3 Å². The van der Waals surface area contributed by atoms with Crippen molar-refractivity contribution in [3.05, 3.63) is 29.8 Å². The third-order valence-corrected chi connectivity index (χ3v) is 5.54. The first-order chi connectivity index (χ1) is 16.7. The first-order valence-corrected chi connectivity index (χ1v) is 11.6. The molecule has 36 heavy (non-hydrogen) atoms. The van der Waals surface area contributed by atoms with E-state index in [1.54, 1.807) is 27.7 Å². The van der Waals surface area contributed by atoms with E-state index in [0.717, 1.165) is 0 Å². The van der Waals surface area contributed by atoms with E-state index in [2.05, 4.69) is 16.0 Å². The fourth-order valence-electron chi connectivity index (χ4n) is 3.23. The summed E-state index contributed by atoms with van der Waals surface area (Å²) < 4.78 is 0. The third-order valence-electron chi connectivity index (χ3n) is 5.54. The summed E-state index contributed by atoms with van der Waals surface area (Å²) in [6.45, 7) is 6.85. The van der Waals surface area contributed by atoms with Gasteiger partial charge in [-0.05, 0) is 36.0 Å². The van der Waals surface area contributed by atoms with Gasteiger partial charge in [0, 0.05) is 12.8 Å². The second-order valence-electron chi connectivity index (χ2n) is 9.26. The lowest BCUT2D eigenvalue weighted by molar-refractivity contribution is -0.143. The molecule has 3 amide bonds. The quantitative estimate of drug-likeness (QED) is 0.180. The molecule has 200 valence electrons. The SMILES string of the molecule is CC(C)C(N)C(=O)NC(C(=O)NC(CCC(=O)O)C(=O)NC(Cc1ccc(O)cc1)C(=O)O)C(C)C. The first-order valence-electron chi connectivity index (χ1n) is 11.6. The zero-order chi connectivity index (χ0) is 27.6. The van der Waals surface area contributed by atoms with Gasteiger partial charge in [-0.3, -0.25) is 19.2 Å². The van der Waals surface area contributed by atoms with Gasteiger partial charge in [0.05, 0.1) is 6.04 Å². The van der Waals surface area contributed by atoms with Crippen molar-refractivity contribution in [2.75, 3.05) is 0 Å². The molecule has 4 atom stereocenters. The smallest absolute Gasteiger partial charge is 0.326 e. The van der Waals surface area contributed by atoms with Crippen LogP contribution in [0.1, 0.15) is 46.1 Å². The van der Waals surface area contributed by atoms with Crippen molar-refractivity contribution in [2.45, 2.75) is 71.1 Å². The fraction of sp³-hybridized carbons (Fsp3) is 0.542. The Balaban J connectivity index is 3.03. The molecule has 0 aliphatic heterocycles. The summed E-state index contributed by atoms with van der Waals surface area (Å²) in [7, 11) is 0. The highest BCUT2D eigenvalue weighted by atomic mass is 16.4. The number of carbonyl (C=O) groups excluding carboxylic acids is 3. The normalized spacial score (nSPS) is 14.4. The van der Waals surface area contributed by atoms with Crippen LogP contribution in [0.4, 0.5) is 0 Å². The summed E-state index contributed by atoms with van der Waals surface area (Å²) >= 11 is 0. The number of nitrogens with two attached hydrogens (primary N) is 1. The Morgan fingerprint density at radius 3 is 1.83 bits per heavy atom. The van der Waals surface area contributed by atoms with Crippen LogP contribution in [-0.4, -0.2) is 69.1 Å². The molecular weight excluding hydrogens is 472 g/mol. The molecule has 1 aromatic carbocycles. The minimum Gasteiger partial charge on any atom is -0.508 e. The standard InChI is InChI=1S/C24H36N4O8/c1-12(2)19(25)22(33)28-20(13(3)4)23(34)26-16(9-10-18(30)31)21(32)27-17(24(35)36)11-14-5-7-15(29)8-6-14/h5-8,12-13,16-17,19-20,29H,9-11,25H2,1-4H3,(H,26,34)(H,27,32)(H,28,33)(H,30,31)(H,35,36). The molecule has 1 rings (SSSR count). The minimum absolute atomic E-state index is 0.00717. The second kappa shape index (κ2) is 14.0. The van der Waals surface area contributed by atoms with Crippen LogP contribution in [0.5, 0.6) is 5.75 Å². The molecule has 1 aromatic rings. The molecule has 0 aromatic heterocycles. The van der Waals surface area contributed by atoms with Crippen LogP contribution in [0, 0.1) is 11.8 Å². The number of phenols is 1. The average Bonchev–Trinajstić information content (AvgIpc) is 2.79. The predicted molar refractivity (Wildman–Crippen MR) is 130 cm³/mol. The van der Waals surface area contributed by atoms with Crippen LogP contribution in [0.25, 0.3) is 0 Å². The van der Waals surface area contributed by atoms with Crippen LogP contribution in [0.15, 0.2) is 24.3 Å². The number of benzene rings is 1. The van der Waals surface area contributed by atoms with Crippen molar-refractivity contribution in [2.24, 2.45) is 17.6 Å². The Labute approximate surface area is 209 Å². The minimum atomic E-state index is -1.38. The number of aliphatic carboxylic acids is 2. The van der Waals surface area contributed by atoms with Crippen molar-refractivity contribution in [1.29, 1.82) is 0 Å². The van der Waals surface area contributed by atoms with E-state index in [1.165, 1.54) is 24.3 Å². The van der Waals surface area contributed by atoms with Gasteiger partial charge in [0.1, 0.15) is 23.9 Å². The molecule has 12 nitrogen and oxygen atoms in total. The van der Waals surface area contributed by atoms with Crippen LogP contribution < -0.4 is 21.7 Å². The lowest BCUT2D eigenvalue weighted by atomic mass is 9.99. The van der Waals surface area contributed by atoms with Crippen molar-refractivity contribution in [1.82, 2.24) is 16.0 Å². The van der Waals surface area contributed by atoms with Crippen molar-refractivity contribution >= 4 is 29.7 Å². The Bertz CT molecular complexity index is 933. The molecule has 8 N–H and O–H groups in total. The molecule has 0 bridgehead atoms. The Morgan fingerprint density at radius 2 is 1.36 bits per heavy atom. The van der Waals surface area contributed by atoms with E-state index >= 15 is 0 Å². The highest BCUT2D eigenvalue weighted by Crippen LogP contribution is 2.12. The molecular formula is C24H36N4O8. The number of phenolic OH excluding ortho intramolecular Hbond substituents is 1. The fourth-order valence-corrected chi connectivity index (χ4v) is 3.23. The van der Waals surface area contributed by atoms with E-state index in [-0.39, 0.29) is 24.5 Å². The van der Waals surface area contributed by atoms with Gasteiger partial charge in [0.15, 0.2) is 0 Å². The zero-order valence-electron chi connectivity index (χ0n) is 20.9. The first kappa shape index (κ1) is 30.4. The monoisotopic (exact) mass is 508 g/mol. The molecule has 12 heteroatoms. The topological polar surface area (TPSA) is 208 Å². The molecule has 0 heterocycles. The van der Waals surface area contributed by atoms with E-state index in [1.807, 2.05) is 0 Å². The van der Waals surface area contributed by atoms with E-state index in [9.17, 15) is 34.2 Å². The van der Waals surface area contributed by atoms with Crippen LogP contribution in [-0.2, 0) is 30.4 Å². The van der Waals surface area contributed by atoms with Crippen molar-refractivity contribution in [3.8, 4) is 5.75 Å². The van der Waals surface area contributed by atoms with Gasteiger partial charge in [0.2, 0.25) is 17.7 Å². The Hall–Kier alpha value is -3.67. The van der Waals surface area contributed by atoms with Crippen molar-refractivity contribution in [3.63, 3.8) is 0 Å². The van der Waals surface area contributed by atoms with Crippen LogP contribution in [0.3, 0.4) is 0 Å². The molecule has 0 saturated heterocycles. The number of hydrogen-bond acceptors (Lipinski definition) is 7. The average molecular weight is 509 g/mol. The lowest BCUT2D eigenvalue weighted by Crippen LogP contribution is -2.59. The zero-order valence-corrected chi connectivity index (χ0v) is 20.9. The molecule has 0 aliphatic carbocycles. The summed E-state index contributed by atoms with van der Waals surface area (Å²) in [6.07, 6.45) is -0.883. The van der Waals surface area contributed by atoms with Gasteiger partial charge in [-0.15, -0.1) is 0 Å². The van der Waals surface area contributed by atoms with Gasteiger partial charge < -0.3 is 37.0 Å². The van der Waals surface area contributed by atoms with E-state index in [4.69, 9.17) is 10.8 Å². The number of carboxylic acid groups (broad SMARTS) is 2. The molecule has 0 radical (unpaired) electrons. The predicted octanol–water partition coefficient (Wildman–Crippen LogP) is -0.0222. The maximum atomic E-state index is 13.0. The number of carboxylic acids is 2. The summed E-state index contributed by atoms with van der Waals surface area (Å²) in [5, 5.41) is 35.4. The maximum absolute atomic E-state index is 13.0. The van der Waals surface area contributed by atoms with Gasteiger partial charge in [-0.25, -0.2) is 4.79 Å². The molecule has 4 unspecified atom stereocenters. The summed E-state index contributed by atoms with van der Waals surface area (Å²) in [4.78, 5) is 61.2. The molecule has 0 spiro atoms. The van der Waals surface area contributed by atoms with Crippen LogP contribution >= 0.6 is 0 Å². The molecule has 0 aliphatic rings. The number of nitrogens with one attached hydrogen (secondary N) is 3. The van der Waals surface area contributed by atoms with Crippen LogP contribution in [0.2, 0.25) is 0 Å². The van der Waals surface area contributed by atoms with Gasteiger partial charge in [0.25, 0.3) is 0 Å². The summed E-state index contributed by atoms with van der Waals surface area (Å²) in [5.41, 5.74) is 6.37. The van der Waals surface area contributed by atoms with E-state index < -0.39 is 66.2 Å². The number of aromatic hydroxyl groups is 1. The highest BCUT2D eigenvalue weighted by molar-refractivity contribution is 5.94. The largest absolute Gasteiger partial charge is 0.508 e. The van der Waals surface area contributed by atoms with Gasteiger partial charge >= 0.3 is 11.9 Å². The van der Waals surface area contributed by atoms with Gasteiger partial charge in [-0.1, -0.05) is 39.8 Å². The maximum Gasteiger partial charge on any atom is 0.326 e. The molecule has 0 fully saturated rings. The van der Waals surface area contributed by atoms with Gasteiger partial charge in [-0.2, -0.15) is 0 Å². The summed E-state index contributed by atoms with van der Waals surface area (Å²) in [5.74, 6) is -5.30. The number of rotatable bonds is 14.